The molecule has 32 heavy (non-hydrogen) atoms. The van der Waals surface area contributed by atoms with Gasteiger partial charge in [0, 0.05) is 22.8 Å². The van der Waals surface area contributed by atoms with E-state index in [1.807, 2.05) is 11.8 Å². The topological polar surface area (TPSA) is 87.0 Å². The van der Waals surface area contributed by atoms with Gasteiger partial charge in [-0.1, -0.05) is 24.3 Å². The second-order valence-electron chi connectivity index (χ2n) is 8.46. The number of alkyl halides is 3. The molecule has 1 heterocycles. The maximum atomic E-state index is 13.0. The van der Waals surface area contributed by atoms with Crippen LogP contribution in [0, 0.1) is 11.8 Å². The molecule has 1 aromatic rings. The van der Waals surface area contributed by atoms with E-state index in [1.54, 1.807) is 6.08 Å². The maximum Gasteiger partial charge on any atom is 0.419 e. The fourth-order valence-corrected chi connectivity index (χ4v) is 6.51. The van der Waals surface area contributed by atoms with Crippen molar-refractivity contribution in [1.82, 2.24) is 0 Å². The van der Waals surface area contributed by atoms with Crippen molar-refractivity contribution in [2.45, 2.75) is 67.4 Å². The van der Waals surface area contributed by atoms with E-state index in [-0.39, 0.29) is 35.9 Å². The number of fused-ring (bicyclic) bond motifs is 1. The zero-order valence-corrected chi connectivity index (χ0v) is 18.4. The van der Waals surface area contributed by atoms with Crippen molar-refractivity contribution in [1.29, 1.82) is 0 Å². The highest BCUT2D eigenvalue weighted by atomic mass is 32.2. The molecule has 6 atom stereocenters. The van der Waals surface area contributed by atoms with Crippen molar-refractivity contribution >= 4 is 17.7 Å². The first kappa shape index (κ1) is 24.9. The van der Waals surface area contributed by atoms with Crippen LogP contribution in [0.15, 0.2) is 36.4 Å². The largest absolute Gasteiger partial charge is 0.490 e. The number of carboxylic acids is 1. The lowest BCUT2D eigenvalue weighted by atomic mass is 9.88. The molecule has 2 fully saturated rings. The summed E-state index contributed by atoms with van der Waals surface area (Å²) in [6.07, 6.45) is 1.30. The van der Waals surface area contributed by atoms with E-state index in [4.69, 9.17) is 9.84 Å². The van der Waals surface area contributed by atoms with Crippen LogP contribution in [-0.4, -0.2) is 50.6 Å². The van der Waals surface area contributed by atoms with E-state index in [1.165, 1.54) is 24.3 Å². The number of aliphatic carboxylic acids is 1. The van der Waals surface area contributed by atoms with Crippen LogP contribution in [0.3, 0.4) is 0 Å². The van der Waals surface area contributed by atoms with Gasteiger partial charge in [0.15, 0.2) is 0 Å². The smallest absolute Gasteiger partial charge is 0.419 e. The normalized spacial score (nSPS) is 29.1. The van der Waals surface area contributed by atoms with E-state index in [0.717, 1.165) is 25.3 Å². The number of thioether (sulfide) groups is 1. The molecule has 1 saturated carbocycles. The molecule has 0 aromatic heterocycles. The number of carboxylic acid groups (broad SMARTS) is 1. The summed E-state index contributed by atoms with van der Waals surface area (Å²) in [7, 11) is 0. The van der Waals surface area contributed by atoms with Gasteiger partial charge in [0.05, 0.1) is 11.7 Å². The van der Waals surface area contributed by atoms with Crippen LogP contribution in [0.1, 0.15) is 44.1 Å². The van der Waals surface area contributed by atoms with Crippen LogP contribution in [0.2, 0.25) is 0 Å². The predicted octanol–water partition coefficient (Wildman–Crippen LogP) is 4.52. The molecule has 0 radical (unpaired) electrons. The predicted molar refractivity (Wildman–Crippen MR) is 116 cm³/mol. The first-order valence-electron chi connectivity index (χ1n) is 10.9. The number of hydrogen-bond donors (Lipinski definition) is 3. The van der Waals surface area contributed by atoms with E-state index < -0.39 is 29.9 Å². The number of benzene rings is 1. The molecule has 0 unspecified atom stereocenters. The van der Waals surface area contributed by atoms with Crippen LogP contribution in [-0.2, 0) is 11.0 Å². The third kappa shape index (κ3) is 6.65. The zero-order valence-electron chi connectivity index (χ0n) is 17.6. The molecule has 9 heteroatoms. The molecule has 1 aliphatic carbocycles. The van der Waals surface area contributed by atoms with Gasteiger partial charge in [-0.3, -0.25) is 4.79 Å². The highest BCUT2D eigenvalue weighted by molar-refractivity contribution is 8.00. The minimum absolute atomic E-state index is 0.121. The number of hydrogen-bond acceptors (Lipinski definition) is 5. The monoisotopic (exact) mass is 474 g/mol. The van der Waals surface area contributed by atoms with Gasteiger partial charge in [0.1, 0.15) is 18.5 Å². The van der Waals surface area contributed by atoms with Gasteiger partial charge in [0.2, 0.25) is 0 Å². The highest BCUT2D eigenvalue weighted by Gasteiger charge is 2.44. The van der Waals surface area contributed by atoms with Gasteiger partial charge >= 0.3 is 12.1 Å². The Balaban J connectivity index is 1.51. The average molecular weight is 475 g/mol. The van der Waals surface area contributed by atoms with Crippen LogP contribution in [0.4, 0.5) is 13.2 Å². The molecule has 0 amide bonds. The molecule has 1 saturated heterocycles. The van der Waals surface area contributed by atoms with Crippen molar-refractivity contribution < 1.29 is 38.0 Å². The van der Waals surface area contributed by atoms with Gasteiger partial charge in [0.25, 0.3) is 0 Å². The zero-order chi connectivity index (χ0) is 23.3. The Bertz CT molecular complexity index is 800. The lowest BCUT2D eigenvalue weighted by Gasteiger charge is -2.33. The third-order valence-electron chi connectivity index (χ3n) is 6.15. The Morgan fingerprint density at radius 1 is 1.28 bits per heavy atom. The SMILES string of the molecule is O=C(O)CCC[C@H]1CC[C@@H]2[C@@H](C=C[C@@H](O)COc3ccccc3C(F)(F)F)[C@H](O)C[C@@H]2S1. The number of ether oxygens (including phenoxy) is 1. The molecule has 3 rings (SSSR count). The Labute approximate surface area is 189 Å². The summed E-state index contributed by atoms with van der Waals surface area (Å²) in [5.41, 5.74) is -0.887. The minimum atomic E-state index is -4.54. The van der Waals surface area contributed by atoms with Gasteiger partial charge in [-0.2, -0.15) is 24.9 Å². The van der Waals surface area contributed by atoms with Crippen LogP contribution in [0.25, 0.3) is 0 Å². The van der Waals surface area contributed by atoms with Gasteiger partial charge in [-0.05, 0) is 50.2 Å². The molecule has 178 valence electrons. The summed E-state index contributed by atoms with van der Waals surface area (Å²) < 4.78 is 44.3. The number of para-hydroxylation sites is 1. The van der Waals surface area contributed by atoms with Gasteiger partial charge in [-0.25, -0.2) is 0 Å². The Hall–Kier alpha value is -1.71. The standard InChI is InChI=1S/C23H29F3O5S/c24-23(25,26)18-5-1-2-6-20(18)31-13-14(27)8-10-16-17-11-9-15(4-3-7-22(29)30)32-21(17)12-19(16)28/h1-2,5-6,8,10,14-17,19,21,27-28H,3-4,7,9,11-13H2,(H,29,30)/t14-,15+,16-,17-,19-,21+/m1/s1. The van der Waals surface area contributed by atoms with Crippen molar-refractivity contribution in [3.8, 4) is 5.75 Å². The van der Waals surface area contributed by atoms with E-state index in [2.05, 4.69) is 0 Å². The van der Waals surface area contributed by atoms with Crippen molar-refractivity contribution in [2.75, 3.05) is 6.61 Å². The van der Waals surface area contributed by atoms with E-state index in [9.17, 15) is 28.2 Å². The first-order valence-corrected chi connectivity index (χ1v) is 11.8. The number of aliphatic hydroxyl groups is 2. The fraction of sp³-hybridized carbons (Fsp3) is 0.609. The average Bonchev–Trinajstić information content (AvgIpc) is 3.04. The Kier molecular flexibility index (Phi) is 8.52. The summed E-state index contributed by atoms with van der Waals surface area (Å²) in [6.45, 7) is -0.319. The number of halogens is 3. The fourth-order valence-electron chi connectivity index (χ4n) is 4.61. The quantitative estimate of drug-likeness (QED) is 0.457. The molecule has 5 nitrogen and oxygen atoms in total. The molecule has 2 aliphatic rings. The second kappa shape index (κ2) is 10.9. The van der Waals surface area contributed by atoms with Gasteiger partial charge < -0.3 is 20.1 Å². The Morgan fingerprint density at radius 3 is 2.75 bits per heavy atom. The summed E-state index contributed by atoms with van der Waals surface area (Å²) >= 11 is 1.83. The van der Waals surface area contributed by atoms with Crippen LogP contribution < -0.4 is 4.74 Å². The lowest BCUT2D eigenvalue weighted by Crippen LogP contribution is -2.27. The molecule has 1 aromatic carbocycles. The number of aliphatic hydroxyl groups excluding tert-OH is 2. The molecule has 1 aliphatic heterocycles. The Morgan fingerprint density at radius 2 is 2.03 bits per heavy atom. The highest BCUT2D eigenvalue weighted by Crippen LogP contribution is 2.49. The molecular weight excluding hydrogens is 445 g/mol. The van der Waals surface area contributed by atoms with E-state index >= 15 is 0 Å². The summed E-state index contributed by atoms with van der Waals surface area (Å²) in [5.74, 6) is -0.966. The first-order chi connectivity index (χ1) is 15.1. The minimum Gasteiger partial charge on any atom is -0.490 e. The summed E-state index contributed by atoms with van der Waals surface area (Å²) in [6, 6.07) is 4.87. The van der Waals surface area contributed by atoms with Crippen LogP contribution >= 0.6 is 11.8 Å². The van der Waals surface area contributed by atoms with Crippen molar-refractivity contribution in [2.24, 2.45) is 11.8 Å². The maximum absolute atomic E-state index is 13.0. The summed E-state index contributed by atoms with van der Waals surface area (Å²) in [4.78, 5) is 10.7. The molecule has 0 bridgehead atoms. The van der Waals surface area contributed by atoms with Crippen molar-refractivity contribution in [3.63, 3.8) is 0 Å². The third-order valence-corrected chi connectivity index (χ3v) is 7.90. The molecule has 0 spiro atoms. The molecular formula is C23H29F3O5S. The number of carbonyl (C=O) groups is 1. The van der Waals surface area contributed by atoms with Gasteiger partial charge in [-0.15, -0.1) is 0 Å². The van der Waals surface area contributed by atoms with Crippen molar-refractivity contribution in [3.05, 3.63) is 42.0 Å². The molecule has 3 N–H and O–H groups in total. The summed E-state index contributed by atoms with van der Waals surface area (Å²) in [5, 5.41) is 30.2. The number of rotatable bonds is 9. The van der Waals surface area contributed by atoms with Crippen LogP contribution in [0.5, 0.6) is 5.75 Å². The van der Waals surface area contributed by atoms with E-state index in [0.29, 0.717) is 18.1 Å². The lowest BCUT2D eigenvalue weighted by molar-refractivity contribution is -0.139. The second-order valence-corrected chi connectivity index (χ2v) is 10.0.